The average molecular weight is 276 g/mol. The molecule has 0 aliphatic heterocycles. The number of nitrogens with zero attached hydrogens (tertiary/aromatic N) is 2. The predicted molar refractivity (Wildman–Crippen MR) is 80.4 cm³/mol. The van der Waals surface area contributed by atoms with Crippen LogP contribution in [0.1, 0.15) is 42.6 Å². The van der Waals surface area contributed by atoms with Crippen molar-refractivity contribution in [2.75, 3.05) is 11.4 Å². The highest BCUT2D eigenvalue weighted by Crippen LogP contribution is 2.31. The summed E-state index contributed by atoms with van der Waals surface area (Å²) in [5, 5.41) is 0. The second-order valence-electron chi connectivity index (χ2n) is 5.58. The molecule has 110 valence electrons. The van der Waals surface area contributed by atoms with Crippen LogP contribution >= 0.6 is 0 Å². The molecule has 0 unspecified atom stereocenters. The molecule has 5 nitrogen and oxygen atoms in total. The molecule has 0 bridgehead atoms. The van der Waals surface area contributed by atoms with Gasteiger partial charge in [-0.25, -0.2) is 0 Å². The minimum atomic E-state index is -0.299. The SMILES string of the molecule is Cc1cc(N(CC(N)=O)C2CCCC2)c(CN)c(C)n1. The minimum Gasteiger partial charge on any atom is -0.368 e. The van der Waals surface area contributed by atoms with Crippen molar-refractivity contribution in [3.05, 3.63) is 23.0 Å². The van der Waals surface area contributed by atoms with Gasteiger partial charge in [0, 0.05) is 35.2 Å². The van der Waals surface area contributed by atoms with E-state index in [0.717, 1.165) is 35.5 Å². The minimum absolute atomic E-state index is 0.251. The number of carbonyl (C=O) groups excluding carboxylic acids is 1. The quantitative estimate of drug-likeness (QED) is 0.851. The van der Waals surface area contributed by atoms with Crippen molar-refractivity contribution in [1.29, 1.82) is 0 Å². The molecule has 1 aromatic rings. The van der Waals surface area contributed by atoms with E-state index >= 15 is 0 Å². The molecule has 2 rings (SSSR count). The fraction of sp³-hybridized carbons (Fsp3) is 0.600. The maximum Gasteiger partial charge on any atom is 0.236 e. The lowest BCUT2D eigenvalue weighted by atomic mass is 10.1. The van der Waals surface area contributed by atoms with Gasteiger partial charge in [-0.2, -0.15) is 0 Å². The van der Waals surface area contributed by atoms with Gasteiger partial charge in [0.25, 0.3) is 0 Å². The molecule has 5 heteroatoms. The van der Waals surface area contributed by atoms with Crippen molar-refractivity contribution in [1.82, 2.24) is 4.98 Å². The van der Waals surface area contributed by atoms with E-state index in [9.17, 15) is 4.79 Å². The van der Waals surface area contributed by atoms with Gasteiger partial charge in [-0.3, -0.25) is 9.78 Å². The Balaban J connectivity index is 2.43. The van der Waals surface area contributed by atoms with E-state index in [0.29, 0.717) is 12.6 Å². The van der Waals surface area contributed by atoms with Gasteiger partial charge in [0.2, 0.25) is 5.91 Å². The Labute approximate surface area is 120 Å². The van der Waals surface area contributed by atoms with Crippen molar-refractivity contribution in [2.24, 2.45) is 11.5 Å². The number of hydrogen-bond donors (Lipinski definition) is 2. The van der Waals surface area contributed by atoms with Crippen LogP contribution in [0.3, 0.4) is 0 Å². The number of anilines is 1. The van der Waals surface area contributed by atoms with Gasteiger partial charge in [0.1, 0.15) is 0 Å². The Morgan fingerprint density at radius 2 is 2.05 bits per heavy atom. The number of hydrogen-bond acceptors (Lipinski definition) is 4. The molecule has 1 heterocycles. The number of aryl methyl sites for hydroxylation is 2. The number of primary amides is 1. The van der Waals surface area contributed by atoms with Gasteiger partial charge in [-0.15, -0.1) is 0 Å². The smallest absolute Gasteiger partial charge is 0.236 e. The lowest BCUT2D eigenvalue weighted by Gasteiger charge is -2.32. The zero-order chi connectivity index (χ0) is 14.7. The highest BCUT2D eigenvalue weighted by Gasteiger charge is 2.26. The van der Waals surface area contributed by atoms with Crippen LogP contribution in [0.2, 0.25) is 0 Å². The van der Waals surface area contributed by atoms with Crippen molar-refractivity contribution >= 4 is 11.6 Å². The first-order chi connectivity index (χ1) is 9.52. The summed E-state index contributed by atoms with van der Waals surface area (Å²) in [6.07, 6.45) is 4.64. The summed E-state index contributed by atoms with van der Waals surface area (Å²) < 4.78 is 0. The molecule has 1 aromatic heterocycles. The van der Waals surface area contributed by atoms with Crippen molar-refractivity contribution < 1.29 is 4.79 Å². The predicted octanol–water partition coefficient (Wildman–Crippen LogP) is 1.39. The summed E-state index contributed by atoms with van der Waals surface area (Å²) in [6.45, 7) is 4.61. The van der Waals surface area contributed by atoms with Gasteiger partial charge in [0.05, 0.1) is 6.54 Å². The molecular weight excluding hydrogens is 252 g/mol. The molecule has 4 N–H and O–H groups in total. The van der Waals surface area contributed by atoms with Crippen LogP contribution in [0.4, 0.5) is 5.69 Å². The van der Waals surface area contributed by atoms with E-state index in [2.05, 4.69) is 9.88 Å². The van der Waals surface area contributed by atoms with Gasteiger partial charge in [-0.05, 0) is 32.8 Å². The van der Waals surface area contributed by atoms with Crippen LogP contribution in [0.25, 0.3) is 0 Å². The topological polar surface area (TPSA) is 85.2 Å². The Hall–Kier alpha value is -1.62. The fourth-order valence-corrected chi connectivity index (χ4v) is 3.14. The monoisotopic (exact) mass is 276 g/mol. The summed E-state index contributed by atoms with van der Waals surface area (Å²) in [6, 6.07) is 2.41. The standard InChI is InChI=1S/C15H24N4O/c1-10-7-14(13(8-16)11(2)18-10)19(9-15(17)20)12-5-3-4-6-12/h7,12H,3-6,8-9,16H2,1-2H3,(H2,17,20). The molecule has 1 saturated carbocycles. The second-order valence-corrected chi connectivity index (χ2v) is 5.58. The largest absolute Gasteiger partial charge is 0.368 e. The molecule has 1 aliphatic rings. The number of aromatic nitrogens is 1. The summed E-state index contributed by atoms with van der Waals surface area (Å²) in [5.41, 5.74) is 15.3. The molecule has 1 fully saturated rings. The van der Waals surface area contributed by atoms with Crippen LogP contribution < -0.4 is 16.4 Å². The first-order valence-corrected chi connectivity index (χ1v) is 7.25. The third-order valence-corrected chi connectivity index (χ3v) is 4.04. The second kappa shape index (κ2) is 6.22. The molecule has 0 aromatic carbocycles. The van der Waals surface area contributed by atoms with E-state index in [4.69, 9.17) is 11.5 Å². The van der Waals surface area contributed by atoms with E-state index in [1.54, 1.807) is 0 Å². The Bertz CT molecular complexity index is 495. The highest BCUT2D eigenvalue weighted by atomic mass is 16.1. The van der Waals surface area contributed by atoms with Crippen molar-refractivity contribution in [3.63, 3.8) is 0 Å². The van der Waals surface area contributed by atoms with Crippen LogP contribution in [0.5, 0.6) is 0 Å². The lowest BCUT2D eigenvalue weighted by Crippen LogP contribution is -2.41. The summed E-state index contributed by atoms with van der Waals surface area (Å²) in [4.78, 5) is 18.1. The number of pyridine rings is 1. The fourth-order valence-electron chi connectivity index (χ4n) is 3.14. The van der Waals surface area contributed by atoms with Crippen LogP contribution in [-0.4, -0.2) is 23.5 Å². The van der Waals surface area contributed by atoms with E-state index in [1.165, 1.54) is 12.8 Å². The average Bonchev–Trinajstić information content (AvgIpc) is 2.88. The summed E-state index contributed by atoms with van der Waals surface area (Å²) >= 11 is 0. The highest BCUT2D eigenvalue weighted by molar-refractivity contribution is 5.80. The zero-order valence-corrected chi connectivity index (χ0v) is 12.4. The molecule has 20 heavy (non-hydrogen) atoms. The van der Waals surface area contributed by atoms with E-state index < -0.39 is 0 Å². The molecular formula is C15H24N4O. The first kappa shape index (κ1) is 14.8. The third kappa shape index (κ3) is 3.10. The van der Waals surface area contributed by atoms with E-state index in [1.807, 2.05) is 19.9 Å². The molecule has 0 radical (unpaired) electrons. The van der Waals surface area contributed by atoms with Crippen molar-refractivity contribution in [2.45, 2.75) is 52.1 Å². The number of amides is 1. The Morgan fingerprint density at radius 3 is 2.60 bits per heavy atom. The molecule has 0 saturated heterocycles. The van der Waals surface area contributed by atoms with Gasteiger partial charge in [0.15, 0.2) is 0 Å². The van der Waals surface area contributed by atoms with Crippen LogP contribution in [0, 0.1) is 13.8 Å². The third-order valence-electron chi connectivity index (χ3n) is 4.04. The maximum atomic E-state index is 11.4. The zero-order valence-electron chi connectivity index (χ0n) is 12.4. The maximum absolute atomic E-state index is 11.4. The first-order valence-electron chi connectivity index (χ1n) is 7.25. The normalized spacial score (nSPS) is 15.6. The summed E-state index contributed by atoms with van der Waals surface area (Å²) in [5.74, 6) is -0.299. The summed E-state index contributed by atoms with van der Waals surface area (Å²) in [7, 11) is 0. The van der Waals surface area contributed by atoms with Crippen molar-refractivity contribution in [3.8, 4) is 0 Å². The molecule has 0 atom stereocenters. The van der Waals surface area contributed by atoms with Crippen LogP contribution in [0.15, 0.2) is 6.07 Å². The molecule has 1 amide bonds. The number of nitrogens with two attached hydrogens (primary N) is 2. The van der Waals surface area contributed by atoms with Gasteiger partial charge >= 0.3 is 0 Å². The number of carbonyl (C=O) groups is 1. The lowest BCUT2D eigenvalue weighted by molar-refractivity contribution is -0.116. The Kier molecular flexibility index (Phi) is 4.60. The Morgan fingerprint density at radius 1 is 1.40 bits per heavy atom. The van der Waals surface area contributed by atoms with Crippen LogP contribution in [-0.2, 0) is 11.3 Å². The van der Waals surface area contributed by atoms with Gasteiger partial charge in [-0.1, -0.05) is 12.8 Å². The van der Waals surface area contributed by atoms with Gasteiger partial charge < -0.3 is 16.4 Å². The molecule has 0 spiro atoms. The molecule has 1 aliphatic carbocycles. The number of rotatable bonds is 5. The van der Waals surface area contributed by atoms with E-state index in [-0.39, 0.29) is 12.5 Å².